The second-order valence-corrected chi connectivity index (χ2v) is 11.3. The van der Waals surface area contributed by atoms with Crippen molar-refractivity contribution in [3.63, 3.8) is 0 Å². The fourth-order valence-electron chi connectivity index (χ4n) is 4.10. The van der Waals surface area contributed by atoms with Gasteiger partial charge in [-0.05, 0) is 80.2 Å². The predicted molar refractivity (Wildman–Crippen MR) is 161 cm³/mol. The van der Waals surface area contributed by atoms with Crippen molar-refractivity contribution in [2.24, 2.45) is 5.10 Å². The van der Waals surface area contributed by atoms with E-state index >= 15 is 0 Å². The summed E-state index contributed by atoms with van der Waals surface area (Å²) in [5.74, 6) is 3.05. The van der Waals surface area contributed by atoms with Crippen LogP contribution in [0.2, 0.25) is 0 Å². The van der Waals surface area contributed by atoms with Crippen molar-refractivity contribution in [3.8, 4) is 23.0 Å². The van der Waals surface area contributed by atoms with Crippen molar-refractivity contribution >= 4 is 64.9 Å². The number of benzene rings is 3. The maximum Gasteiger partial charge on any atom is 0.282 e. The third-order valence-corrected chi connectivity index (χ3v) is 8.77. The van der Waals surface area contributed by atoms with Gasteiger partial charge in [0.05, 0.1) is 28.7 Å². The fourth-order valence-corrected chi connectivity index (χ4v) is 5.40. The Kier molecular flexibility index (Phi) is 8.58. The maximum atomic E-state index is 13.4. The Hall–Kier alpha value is -2.89. The number of halogens is 3. The highest BCUT2D eigenvalue weighted by atomic mass is 79.9. The molecular formula is C28H24Br3N3O5. The molecule has 0 spiro atoms. The minimum Gasteiger partial charge on any atom is -0.493 e. The van der Waals surface area contributed by atoms with Gasteiger partial charge < -0.3 is 18.9 Å². The molecule has 202 valence electrons. The van der Waals surface area contributed by atoms with Gasteiger partial charge in [0.15, 0.2) is 23.0 Å². The monoisotopic (exact) mass is 719 g/mol. The van der Waals surface area contributed by atoms with Crippen LogP contribution in [0, 0.1) is 0 Å². The molecule has 0 bridgehead atoms. The molecule has 0 fully saturated rings. The van der Waals surface area contributed by atoms with Crippen molar-refractivity contribution in [3.05, 3.63) is 83.2 Å². The van der Waals surface area contributed by atoms with Crippen LogP contribution in [0.5, 0.6) is 23.0 Å². The Morgan fingerprint density at radius 1 is 1.08 bits per heavy atom. The summed E-state index contributed by atoms with van der Waals surface area (Å²) in [6.07, 6.45) is 4.11. The summed E-state index contributed by atoms with van der Waals surface area (Å²) >= 11 is 10.7. The molecule has 0 amide bonds. The number of rotatable bonds is 9. The van der Waals surface area contributed by atoms with Gasteiger partial charge in [-0.15, -0.1) is 0 Å². The molecular weight excluding hydrogens is 698 g/mol. The van der Waals surface area contributed by atoms with Gasteiger partial charge in [-0.1, -0.05) is 35.3 Å². The van der Waals surface area contributed by atoms with Gasteiger partial charge in [0, 0.05) is 20.9 Å². The van der Waals surface area contributed by atoms with E-state index in [0.717, 1.165) is 28.6 Å². The first-order valence-corrected chi connectivity index (χ1v) is 14.6. The van der Waals surface area contributed by atoms with Crippen molar-refractivity contribution in [1.29, 1.82) is 0 Å². The van der Waals surface area contributed by atoms with Crippen LogP contribution in [0.25, 0.3) is 10.9 Å². The first kappa shape index (κ1) is 27.7. The van der Waals surface area contributed by atoms with Crippen LogP contribution in [0.1, 0.15) is 36.7 Å². The average molecular weight is 722 g/mol. The lowest BCUT2D eigenvalue weighted by molar-refractivity contribution is 0.174. The second-order valence-electron chi connectivity index (χ2n) is 8.76. The lowest BCUT2D eigenvalue weighted by Crippen LogP contribution is -2.22. The standard InChI is InChI=1S/C28H24Br3N3O5/c1-3-4-5-24-33-20-8-7-18(29)12-19(20)28(35)34(24)32-13-17-11-23(36-2)27(26(31)25(17)30)37-14-16-6-9-21-22(10-16)39-15-38-21/h6-13H,3-5,14-15H2,1-2H3. The van der Waals surface area contributed by atoms with Crippen LogP contribution in [-0.4, -0.2) is 29.8 Å². The lowest BCUT2D eigenvalue weighted by Gasteiger charge is -2.16. The topological polar surface area (TPSA) is 84.2 Å². The van der Waals surface area contributed by atoms with E-state index in [0.29, 0.717) is 61.5 Å². The van der Waals surface area contributed by atoms with Gasteiger partial charge in [0.2, 0.25) is 6.79 Å². The van der Waals surface area contributed by atoms with Crippen molar-refractivity contribution in [1.82, 2.24) is 9.66 Å². The zero-order chi connectivity index (χ0) is 27.5. The van der Waals surface area contributed by atoms with E-state index in [1.54, 1.807) is 25.5 Å². The molecule has 0 saturated carbocycles. The van der Waals surface area contributed by atoms with Crippen LogP contribution < -0.4 is 24.5 Å². The van der Waals surface area contributed by atoms with Gasteiger partial charge in [0.1, 0.15) is 12.4 Å². The highest BCUT2D eigenvalue weighted by molar-refractivity contribution is 9.13. The van der Waals surface area contributed by atoms with Gasteiger partial charge >= 0.3 is 0 Å². The third-order valence-electron chi connectivity index (χ3n) is 6.14. The number of aromatic nitrogens is 2. The Labute approximate surface area is 250 Å². The van der Waals surface area contributed by atoms with E-state index in [1.807, 2.05) is 30.3 Å². The van der Waals surface area contributed by atoms with Crippen LogP contribution in [-0.2, 0) is 13.0 Å². The first-order chi connectivity index (χ1) is 18.9. The van der Waals surface area contributed by atoms with Gasteiger partial charge in [-0.2, -0.15) is 9.78 Å². The third kappa shape index (κ3) is 5.85. The molecule has 0 N–H and O–H groups in total. The first-order valence-electron chi connectivity index (χ1n) is 12.2. The van der Waals surface area contributed by atoms with Crippen molar-refractivity contribution in [2.45, 2.75) is 32.8 Å². The van der Waals surface area contributed by atoms with Crippen LogP contribution in [0.4, 0.5) is 0 Å². The number of aryl methyl sites for hydroxylation is 1. The minimum atomic E-state index is -0.227. The number of ether oxygens (including phenoxy) is 4. The second kappa shape index (κ2) is 12.1. The Balaban J connectivity index is 1.47. The largest absolute Gasteiger partial charge is 0.493 e. The maximum absolute atomic E-state index is 13.4. The highest BCUT2D eigenvalue weighted by Gasteiger charge is 2.19. The van der Waals surface area contributed by atoms with E-state index in [4.69, 9.17) is 23.9 Å². The molecule has 8 nitrogen and oxygen atoms in total. The summed E-state index contributed by atoms with van der Waals surface area (Å²) in [4.78, 5) is 18.1. The Morgan fingerprint density at radius 2 is 1.90 bits per heavy atom. The van der Waals surface area contributed by atoms with Gasteiger partial charge in [-0.3, -0.25) is 4.79 Å². The minimum absolute atomic E-state index is 0.216. The Bertz CT molecular complexity index is 1640. The molecule has 2 heterocycles. The SMILES string of the molecule is CCCCc1nc2ccc(Br)cc2c(=O)n1N=Cc1cc(OC)c(OCc2ccc3c(c2)OCO3)c(Br)c1Br. The fraction of sp³-hybridized carbons (Fsp3) is 0.250. The molecule has 1 aromatic heterocycles. The van der Waals surface area contributed by atoms with Crippen LogP contribution in [0.3, 0.4) is 0 Å². The van der Waals surface area contributed by atoms with Crippen molar-refractivity contribution < 1.29 is 18.9 Å². The van der Waals surface area contributed by atoms with E-state index in [-0.39, 0.29) is 12.4 Å². The van der Waals surface area contributed by atoms with Gasteiger partial charge in [0.25, 0.3) is 5.56 Å². The molecule has 39 heavy (non-hydrogen) atoms. The van der Waals surface area contributed by atoms with E-state index in [9.17, 15) is 4.79 Å². The molecule has 1 aliphatic rings. The number of unbranched alkanes of at least 4 members (excludes halogenated alkanes) is 1. The number of fused-ring (bicyclic) bond motifs is 2. The molecule has 3 aromatic carbocycles. The molecule has 0 radical (unpaired) electrons. The predicted octanol–water partition coefficient (Wildman–Crippen LogP) is 7.23. The quantitative estimate of drug-likeness (QED) is 0.170. The zero-order valence-electron chi connectivity index (χ0n) is 21.2. The molecule has 0 saturated heterocycles. The zero-order valence-corrected chi connectivity index (χ0v) is 25.9. The smallest absolute Gasteiger partial charge is 0.282 e. The number of hydrogen-bond donors (Lipinski definition) is 0. The number of nitrogens with zero attached hydrogens (tertiary/aromatic N) is 3. The highest BCUT2D eigenvalue weighted by Crippen LogP contribution is 2.43. The molecule has 0 aliphatic carbocycles. The average Bonchev–Trinajstić information content (AvgIpc) is 3.41. The molecule has 0 unspecified atom stereocenters. The normalized spacial score (nSPS) is 12.4. The summed E-state index contributed by atoms with van der Waals surface area (Å²) in [5.41, 5.74) is 2.03. The van der Waals surface area contributed by atoms with E-state index in [2.05, 4.69) is 59.8 Å². The van der Waals surface area contributed by atoms with Crippen LogP contribution in [0.15, 0.2) is 65.8 Å². The summed E-state index contributed by atoms with van der Waals surface area (Å²) in [6, 6.07) is 13.0. The van der Waals surface area contributed by atoms with Crippen LogP contribution >= 0.6 is 47.8 Å². The summed E-state index contributed by atoms with van der Waals surface area (Å²) in [5, 5.41) is 5.06. The summed E-state index contributed by atoms with van der Waals surface area (Å²) in [6.45, 7) is 2.61. The lowest BCUT2D eigenvalue weighted by atomic mass is 10.2. The molecule has 0 atom stereocenters. The van der Waals surface area contributed by atoms with Crippen molar-refractivity contribution in [2.75, 3.05) is 13.9 Å². The number of methoxy groups -OCH3 is 1. The number of hydrogen-bond acceptors (Lipinski definition) is 7. The van der Waals surface area contributed by atoms with Gasteiger partial charge in [-0.25, -0.2) is 4.98 Å². The molecule has 5 rings (SSSR count). The Morgan fingerprint density at radius 3 is 2.69 bits per heavy atom. The molecule has 1 aliphatic heterocycles. The molecule has 11 heteroatoms. The summed E-state index contributed by atoms with van der Waals surface area (Å²) < 4.78 is 26.2. The molecule has 4 aromatic rings. The van der Waals surface area contributed by atoms with E-state index < -0.39 is 0 Å². The van der Waals surface area contributed by atoms with E-state index in [1.165, 1.54) is 4.68 Å². The summed E-state index contributed by atoms with van der Waals surface area (Å²) in [7, 11) is 1.57.